The maximum atomic E-state index is 8.49. The Labute approximate surface area is 127 Å². The molecule has 0 saturated heterocycles. The Balaban J connectivity index is 2.35. The van der Waals surface area contributed by atoms with Crippen LogP contribution in [0, 0.1) is 10.8 Å². The number of nitrogens with one attached hydrogen (secondary N) is 2. The SMILES string of the molecule is C=Cc1ccc(C(=N)C2=C(N)CC(C)(C)CC2)cc1NC. The molecule has 1 aromatic rings. The van der Waals surface area contributed by atoms with Crippen LogP contribution in [-0.4, -0.2) is 12.8 Å². The molecule has 0 unspecified atom stereocenters. The van der Waals surface area contributed by atoms with Crippen molar-refractivity contribution in [1.82, 2.24) is 0 Å². The highest BCUT2D eigenvalue weighted by atomic mass is 14.8. The van der Waals surface area contributed by atoms with Crippen LogP contribution < -0.4 is 11.1 Å². The molecule has 0 spiro atoms. The first-order chi connectivity index (χ1) is 9.88. The zero-order valence-corrected chi connectivity index (χ0v) is 13.2. The molecule has 2 rings (SSSR count). The van der Waals surface area contributed by atoms with Crippen LogP contribution in [0.1, 0.15) is 44.2 Å². The molecule has 0 heterocycles. The van der Waals surface area contributed by atoms with Crippen molar-refractivity contribution in [2.75, 3.05) is 12.4 Å². The van der Waals surface area contributed by atoms with Gasteiger partial charge in [-0.15, -0.1) is 0 Å². The number of anilines is 1. The van der Waals surface area contributed by atoms with Gasteiger partial charge in [0.15, 0.2) is 0 Å². The Morgan fingerprint density at radius 1 is 1.43 bits per heavy atom. The van der Waals surface area contributed by atoms with Crippen molar-refractivity contribution in [3.63, 3.8) is 0 Å². The molecule has 0 radical (unpaired) electrons. The molecule has 1 aliphatic rings. The third kappa shape index (κ3) is 3.18. The summed E-state index contributed by atoms with van der Waals surface area (Å²) < 4.78 is 0. The first-order valence-electron chi connectivity index (χ1n) is 7.39. The summed E-state index contributed by atoms with van der Waals surface area (Å²) in [4.78, 5) is 0. The van der Waals surface area contributed by atoms with Crippen LogP contribution in [0.25, 0.3) is 6.08 Å². The Morgan fingerprint density at radius 3 is 2.71 bits per heavy atom. The van der Waals surface area contributed by atoms with E-state index in [1.807, 2.05) is 31.3 Å². The summed E-state index contributed by atoms with van der Waals surface area (Å²) in [5.41, 5.74) is 11.8. The van der Waals surface area contributed by atoms with Gasteiger partial charge in [0, 0.05) is 24.0 Å². The predicted octanol–water partition coefficient (Wildman–Crippen LogP) is 4.16. The van der Waals surface area contributed by atoms with E-state index in [2.05, 4.69) is 25.7 Å². The number of benzene rings is 1. The normalized spacial score (nSPS) is 17.5. The fraction of sp³-hybridized carbons (Fsp3) is 0.389. The summed E-state index contributed by atoms with van der Waals surface area (Å²) >= 11 is 0. The molecule has 21 heavy (non-hydrogen) atoms. The van der Waals surface area contributed by atoms with Gasteiger partial charge in [-0.3, -0.25) is 5.41 Å². The Morgan fingerprint density at radius 2 is 2.14 bits per heavy atom. The number of rotatable bonds is 4. The second-order valence-electron chi connectivity index (χ2n) is 6.48. The van der Waals surface area contributed by atoms with E-state index in [4.69, 9.17) is 11.1 Å². The second-order valence-corrected chi connectivity index (χ2v) is 6.48. The predicted molar refractivity (Wildman–Crippen MR) is 91.8 cm³/mol. The van der Waals surface area contributed by atoms with E-state index in [-0.39, 0.29) is 5.41 Å². The highest BCUT2D eigenvalue weighted by molar-refractivity contribution is 6.11. The molecule has 4 N–H and O–H groups in total. The van der Waals surface area contributed by atoms with E-state index in [1.54, 1.807) is 0 Å². The molecular formula is C18H25N3. The lowest BCUT2D eigenvalue weighted by molar-refractivity contribution is 0.315. The van der Waals surface area contributed by atoms with Crippen LogP contribution >= 0.6 is 0 Å². The molecule has 0 bridgehead atoms. The number of nitrogens with two attached hydrogens (primary N) is 1. The van der Waals surface area contributed by atoms with Crippen molar-refractivity contribution < 1.29 is 0 Å². The van der Waals surface area contributed by atoms with Gasteiger partial charge >= 0.3 is 0 Å². The molecule has 0 atom stereocenters. The monoisotopic (exact) mass is 283 g/mol. The molecule has 0 fully saturated rings. The van der Waals surface area contributed by atoms with Crippen molar-refractivity contribution >= 4 is 17.5 Å². The molecule has 1 aromatic carbocycles. The lowest BCUT2D eigenvalue weighted by Gasteiger charge is -2.32. The van der Waals surface area contributed by atoms with Crippen LogP contribution in [0.5, 0.6) is 0 Å². The van der Waals surface area contributed by atoms with E-state index < -0.39 is 0 Å². The van der Waals surface area contributed by atoms with Gasteiger partial charge < -0.3 is 11.1 Å². The molecule has 0 aliphatic heterocycles. The topological polar surface area (TPSA) is 61.9 Å². The molecule has 1 aliphatic carbocycles. The summed E-state index contributed by atoms with van der Waals surface area (Å²) in [5, 5.41) is 11.6. The van der Waals surface area contributed by atoms with E-state index in [0.29, 0.717) is 5.71 Å². The van der Waals surface area contributed by atoms with Crippen LogP contribution in [0.15, 0.2) is 36.0 Å². The van der Waals surface area contributed by atoms with Crippen molar-refractivity contribution in [2.24, 2.45) is 11.1 Å². The van der Waals surface area contributed by atoms with E-state index in [1.165, 1.54) is 0 Å². The Bertz CT molecular complexity index is 609. The van der Waals surface area contributed by atoms with Gasteiger partial charge in [0.25, 0.3) is 0 Å². The summed E-state index contributed by atoms with van der Waals surface area (Å²) in [7, 11) is 1.88. The Kier molecular flexibility index (Phi) is 4.21. The zero-order chi connectivity index (χ0) is 15.6. The van der Waals surface area contributed by atoms with Crippen molar-refractivity contribution in [3.05, 3.63) is 47.2 Å². The third-order valence-electron chi connectivity index (χ3n) is 4.24. The van der Waals surface area contributed by atoms with Crippen molar-refractivity contribution in [1.29, 1.82) is 5.41 Å². The van der Waals surface area contributed by atoms with Gasteiger partial charge in [-0.05, 0) is 41.9 Å². The smallest absolute Gasteiger partial charge is 0.0662 e. The largest absolute Gasteiger partial charge is 0.402 e. The fourth-order valence-corrected chi connectivity index (χ4v) is 2.90. The fourth-order valence-electron chi connectivity index (χ4n) is 2.90. The minimum Gasteiger partial charge on any atom is -0.402 e. The average Bonchev–Trinajstić information content (AvgIpc) is 2.45. The molecule has 0 saturated carbocycles. The maximum Gasteiger partial charge on any atom is 0.0662 e. The van der Waals surface area contributed by atoms with Crippen LogP contribution in [-0.2, 0) is 0 Å². The molecular weight excluding hydrogens is 258 g/mol. The van der Waals surface area contributed by atoms with Gasteiger partial charge in [0.1, 0.15) is 0 Å². The van der Waals surface area contributed by atoms with E-state index in [9.17, 15) is 0 Å². The molecule has 112 valence electrons. The lowest BCUT2D eigenvalue weighted by Crippen LogP contribution is -2.25. The van der Waals surface area contributed by atoms with Crippen LogP contribution in [0.3, 0.4) is 0 Å². The van der Waals surface area contributed by atoms with Gasteiger partial charge in [0.05, 0.1) is 5.71 Å². The van der Waals surface area contributed by atoms with Gasteiger partial charge in [0.2, 0.25) is 0 Å². The van der Waals surface area contributed by atoms with Crippen LogP contribution in [0.2, 0.25) is 0 Å². The first-order valence-corrected chi connectivity index (χ1v) is 7.39. The summed E-state index contributed by atoms with van der Waals surface area (Å²) in [6, 6.07) is 5.96. The van der Waals surface area contributed by atoms with Crippen molar-refractivity contribution in [2.45, 2.75) is 33.1 Å². The van der Waals surface area contributed by atoms with Crippen LogP contribution in [0.4, 0.5) is 5.69 Å². The van der Waals surface area contributed by atoms with Gasteiger partial charge in [-0.25, -0.2) is 0 Å². The van der Waals surface area contributed by atoms with E-state index in [0.717, 1.165) is 47.3 Å². The lowest BCUT2D eigenvalue weighted by atomic mass is 9.75. The molecule has 0 aromatic heterocycles. The number of hydrogen-bond acceptors (Lipinski definition) is 3. The highest BCUT2D eigenvalue weighted by Crippen LogP contribution is 2.37. The highest BCUT2D eigenvalue weighted by Gasteiger charge is 2.27. The minimum atomic E-state index is 0.247. The summed E-state index contributed by atoms with van der Waals surface area (Å²) in [5.74, 6) is 0. The number of allylic oxidation sites excluding steroid dienone is 2. The molecule has 0 amide bonds. The van der Waals surface area contributed by atoms with E-state index >= 15 is 0 Å². The number of hydrogen-bond donors (Lipinski definition) is 3. The average molecular weight is 283 g/mol. The third-order valence-corrected chi connectivity index (χ3v) is 4.24. The molecule has 3 heteroatoms. The van der Waals surface area contributed by atoms with Crippen molar-refractivity contribution in [3.8, 4) is 0 Å². The Hall–Kier alpha value is -2.03. The first kappa shape index (κ1) is 15.4. The van der Waals surface area contributed by atoms with Gasteiger partial charge in [-0.1, -0.05) is 38.6 Å². The maximum absolute atomic E-state index is 8.49. The van der Waals surface area contributed by atoms with Gasteiger partial charge in [-0.2, -0.15) is 0 Å². The standard InChI is InChI=1S/C18H25N3/c1-5-12-6-7-13(10-16(12)21-4)17(20)14-8-9-18(2,3)11-15(14)19/h5-7,10,20-21H,1,8-9,11,19H2,2-4H3. The quantitative estimate of drug-likeness (QED) is 0.726. The minimum absolute atomic E-state index is 0.247. The summed E-state index contributed by atoms with van der Waals surface area (Å²) in [6.07, 6.45) is 4.65. The zero-order valence-electron chi connectivity index (χ0n) is 13.2. The molecule has 3 nitrogen and oxygen atoms in total. The second kappa shape index (κ2) is 5.76. The summed E-state index contributed by atoms with van der Waals surface area (Å²) in [6.45, 7) is 8.28.